The van der Waals surface area contributed by atoms with Crippen molar-refractivity contribution in [1.29, 1.82) is 0 Å². The Balaban J connectivity index is 2.64. The maximum absolute atomic E-state index is 9.04. The van der Waals surface area contributed by atoms with Crippen LogP contribution in [0.5, 0.6) is 6.08 Å². The standard InChI is InChI=1S/C8H5N3O2/c12-8-11-5-2-1-4-6(7(5)13-8)10-3-9-4/h1-3H,(H,9,10)(H,11,12). The van der Waals surface area contributed by atoms with Crippen LogP contribution in [0.4, 0.5) is 0 Å². The second kappa shape index (κ2) is 2.01. The van der Waals surface area contributed by atoms with Crippen molar-refractivity contribution < 1.29 is 9.52 Å². The van der Waals surface area contributed by atoms with Crippen LogP contribution in [0.25, 0.3) is 22.1 Å². The molecule has 0 aliphatic heterocycles. The van der Waals surface area contributed by atoms with E-state index in [1.807, 2.05) is 6.07 Å². The van der Waals surface area contributed by atoms with Crippen molar-refractivity contribution in [3.63, 3.8) is 0 Å². The van der Waals surface area contributed by atoms with E-state index in [-0.39, 0.29) is 6.08 Å². The zero-order chi connectivity index (χ0) is 8.84. The van der Waals surface area contributed by atoms with Gasteiger partial charge in [-0.3, -0.25) is 0 Å². The number of benzene rings is 1. The van der Waals surface area contributed by atoms with E-state index in [1.54, 1.807) is 12.4 Å². The molecule has 5 heteroatoms. The molecule has 0 saturated carbocycles. The number of oxazole rings is 1. The molecule has 2 aromatic heterocycles. The van der Waals surface area contributed by atoms with Gasteiger partial charge >= 0.3 is 6.08 Å². The third-order valence-corrected chi connectivity index (χ3v) is 1.93. The van der Waals surface area contributed by atoms with Crippen molar-refractivity contribution in [3.05, 3.63) is 18.5 Å². The number of H-pyrrole nitrogens is 1. The van der Waals surface area contributed by atoms with E-state index in [0.717, 1.165) is 5.52 Å². The lowest BCUT2D eigenvalue weighted by atomic mass is 10.3. The fourth-order valence-corrected chi connectivity index (χ4v) is 1.38. The molecule has 0 radical (unpaired) electrons. The molecule has 3 aromatic rings. The number of nitrogens with zero attached hydrogens (tertiary/aromatic N) is 2. The number of hydrogen-bond donors (Lipinski definition) is 2. The van der Waals surface area contributed by atoms with E-state index in [2.05, 4.69) is 15.0 Å². The topological polar surface area (TPSA) is 74.9 Å². The summed E-state index contributed by atoms with van der Waals surface area (Å²) >= 11 is 0. The molecule has 0 aliphatic rings. The predicted molar refractivity (Wildman–Crippen MR) is 45.3 cm³/mol. The number of aromatic hydroxyl groups is 1. The molecule has 2 N–H and O–H groups in total. The summed E-state index contributed by atoms with van der Waals surface area (Å²) in [4.78, 5) is 10.8. The summed E-state index contributed by atoms with van der Waals surface area (Å²) in [6.07, 6.45) is 1.24. The molecule has 5 nitrogen and oxygen atoms in total. The van der Waals surface area contributed by atoms with Gasteiger partial charge in [-0.25, -0.2) is 4.98 Å². The molecule has 0 aliphatic carbocycles. The largest absolute Gasteiger partial charge is 0.466 e. The Hall–Kier alpha value is -2.04. The van der Waals surface area contributed by atoms with Gasteiger partial charge in [0.15, 0.2) is 5.58 Å². The average Bonchev–Trinajstić information content (AvgIpc) is 2.65. The van der Waals surface area contributed by atoms with Crippen LogP contribution >= 0.6 is 0 Å². The van der Waals surface area contributed by atoms with Crippen LogP contribution in [0, 0.1) is 0 Å². The van der Waals surface area contributed by atoms with Gasteiger partial charge < -0.3 is 14.5 Å². The first-order valence-electron chi connectivity index (χ1n) is 3.76. The third kappa shape index (κ3) is 0.752. The number of aromatic amines is 1. The Kier molecular flexibility index (Phi) is 0.999. The van der Waals surface area contributed by atoms with Gasteiger partial charge in [0, 0.05) is 0 Å². The molecule has 0 atom stereocenters. The molecule has 0 amide bonds. The first-order valence-corrected chi connectivity index (χ1v) is 3.76. The van der Waals surface area contributed by atoms with E-state index in [1.165, 1.54) is 0 Å². The highest BCUT2D eigenvalue weighted by atomic mass is 16.5. The molecule has 2 heterocycles. The van der Waals surface area contributed by atoms with Crippen LogP contribution in [-0.4, -0.2) is 20.1 Å². The summed E-state index contributed by atoms with van der Waals surface area (Å²) in [5.74, 6) is 0. The van der Waals surface area contributed by atoms with Gasteiger partial charge in [0.2, 0.25) is 0 Å². The summed E-state index contributed by atoms with van der Waals surface area (Å²) in [5.41, 5.74) is 2.67. The van der Waals surface area contributed by atoms with Gasteiger partial charge in [0.25, 0.3) is 0 Å². The Labute approximate surface area is 72.0 Å². The first kappa shape index (κ1) is 6.47. The van der Waals surface area contributed by atoms with Crippen LogP contribution in [0.15, 0.2) is 22.9 Å². The zero-order valence-electron chi connectivity index (χ0n) is 6.48. The van der Waals surface area contributed by atoms with Crippen molar-refractivity contribution >= 4 is 22.1 Å². The quantitative estimate of drug-likeness (QED) is 0.541. The van der Waals surface area contributed by atoms with E-state index >= 15 is 0 Å². The van der Waals surface area contributed by atoms with Crippen LogP contribution in [0.1, 0.15) is 0 Å². The molecule has 0 saturated heterocycles. The van der Waals surface area contributed by atoms with Crippen molar-refractivity contribution in [2.75, 3.05) is 0 Å². The molecular weight excluding hydrogens is 170 g/mol. The number of hydrogen-bond acceptors (Lipinski definition) is 4. The van der Waals surface area contributed by atoms with Crippen molar-refractivity contribution in [2.45, 2.75) is 0 Å². The van der Waals surface area contributed by atoms with Gasteiger partial charge in [0.1, 0.15) is 11.0 Å². The Bertz CT molecular complexity index is 581. The molecule has 3 rings (SSSR count). The second-order valence-electron chi connectivity index (χ2n) is 2.71. The molecule has 1 aromatic carbocycles. The summed E-state index contributed by atoms with van der Waals surface area (Å²) in [6, 6.07) is 3.60. The second-order valence-corrected chi connectivity index (χ2v) is 2.71. The lowest BCUT2D eigenvalue weighted by molar-refractivity contribution is 0.328. The monoisotopic (exact) mass is 175 g/mol. The van der Waals surface area contributed by atoms with Gasteiger partial charge in [-0.1, -0.05) is 0 Å². The first-order chi connectivity index (χ1) is 6.34. The predicted octanol–water partition coefficient (Wildman–Crippen LogP) is 1.41. The molecule has 0 unspecified atom stereocenters. The molecule has 0 spiro atoms. The van der Waals surface area contributed by atoms with Gasteiger partial charge in [0.05, 0.1) is 11.8 Å². The van der Waals surface area contributed by atoms with Crippen LogP contribution in [-0.2, 0) is 0 Å². The fourth-order valence-electron chi connectivity index (χ4n) is 1.38. The van der Waals surface area contributed by atoms with Gasteiger partial charge in [-0.15, -0.1) is 0 Å². The maximum atomic E-state index is 9.04. The minimum Gasteiger partial charge on any atom is -0.466 e. The van der Waals surface area contributed by atoms with Gasteiger partial charge in [-0.05, 0) is 12.1 Å². The fraction of sp³-hybridized carbons (Fsp3) is 0. The number of imidazole rings is 1. The van der Waals surface area contributed by atoms with E-state index in [9.17, 15) is 0 Å². The Morgan fingerprint density at radius 3 is 3.23 bits per heavy atom. The minimum absolute atomic E-state index is 0.328. The normalized spacial score (nSPS) is 11.4. The molecule has 64 valence electrons. The van der Waals surface area contributed by atoms with Crippen molar-refractivity contribution in [3.8, 4) is 6.08 Å². The van der Waals surface area contributed by atoms with Crippen LogP contribution in [0.3, 0.4) is 0 Å². The van der Waals surface area contributed by atoms with Crippen molar-refractivity contribution in [1.82, 2.24) is 15.0 Å². The highest BCUT2D eigenvalue weighted by Crippen LogP contribution is 2.25. The van der Waals surface area contributed by atoms with E-state index in [4.69, 9.17) is 9.52 Å². The summed E-state index contributed by atoms with van der Waals surface area (Å²) in [6.45, 7) is 0. The summed E-state index contributed by atoms with van der Waals surface area (Å²) in [7, 11) is 0. The molecule has 13 heavy (non-hydrogen) atoms. The lowest BCUT2D eigenvalue weighted by Gasteiger charge is -1.86. The third-order valence-electron chi connectivity index (χ3n) is 1.93. The Morgan fingerprint density at radius 2 is 2.31 bits per heavy atom. The highest BCUT2D eigenvalue weighted by molar-refractivity contribution is 5.98. The lowest BCUT2D eigenvalue weighted by Crippen LogP contribution is -1.71. The molecule has 0 fully saturated rings. The SMILES string of the molecule is Oc1nc2ccc3[nH]cnc3c2o1. The average molecular weight is 175 g/mol. The number of nitrogens with one attached hydrogen (secondary N) is 1. The molecular formula is C8H5N3O2. The smallest absolute Gasteiger partial charge is 0.392 e. The van der Waals surface area contributed by atoms with Crippen LogP contribution < -0.4 is 0 Å². The molecule has 0 bridgehead atoms. The highest BCUT2D eigenvalue weighted by Gasteiger charge is 2.09. The Morgan fingerprint density at radius 1 is 1.38 bits per heavy atom. The van der Waals surface area contributed by atoms with Crippen molar-refractivity contribution in [2.24, 2.45) is 0 Å². The number of fused-ring (bicyclic) bond motifs is 3. The number of rotatable bonds is 0. The van der Waals surface area contributed by atoms with E-state index in [0.29, 0.717) is 16.6 Å². The van der Waals surface area contributed by atoms with Crippen LogP contribution in [0.2, 0.25) is 0 Å². The number of aromatic nitrogens is 3. The summed E-state index contributed by atoms with van der Waals surface area (Å²) < 4.78 is 5.00. The van der Waals surface area contributed by atoms with E-state index < -0.39 is 0 Å². The summed E-state index contributed by atoms with van der Waals surface area (Å²) in [5, 5.41) is 9.04. The van der Waals surface area contributed by atoms with Gasteiger partial charge in [-0.2, -0.15) is 4.98 Å². The minimum atomic E-state index is -0.328. The maximum Gasteiger partial charge on any atom is 0.392 e. The zero-order valence-corrected chi connectivity index (χ0v) is 6.48.